The highest BCUT2D eigenvalue weighted by molar-refractivity contribution is 7.89. The first-order valence-corrected chi connectivity index (χ1v) is 8.39. The van der Waals surface area contributed by atoms with Gasteiger partial charge >= 0.3 is 0 Å². The zero-order chi connectivity index (χ0) is 15.7. The summed E-state index contributed by atoms with van der Waals surface area (Å²) in [5, 5.41) is 8.65. The molecule has 1 rings (SSSR count). The Morgan fingerprint density at radius 1 is 1.19 bits per heavy atom. The molecular formula is C14H23NO5S. The molecule has 0 aliphatic carbocycles. The van der Waals surface area contributed by atoms with Crippen molar-refractivity contribution in [2.45, 2.75) is 31.3 Å². The molecule has 0 bridgehead atoms. The fourth-order valence-corrected chi connectivity index (χ4v) is 2.54. The highest BCUT2D eigenvalue weighted by Gasteiger charge is 2.13. The van der Waals surface area contributed by atoms with Gasteiger partial charge in [0.2, 0.25) is 10.0 Å². The molecule has 0 unspecified atom stereocenters. The third kappa shape index (κ3) is 6.90. The largest absolute Gasteiger partial charge is 0.494 e. The van der Waals surface area contributed by atoms with Crippen molar-refractivity contribution in [3.05, 3.63) is 24.3 Å². The monoisotopic (exact) mass is 317 g/mol. The van der Waals surface area contributed by atoms with Gasteiger partial charge in [-0.3, -0.25) is 0 Å². The molecule has 0 fully saturated rings. The molecule has 0 heterocycles. The zero-order valence-electron chi connectivity index (χ0n) is 12.4. The topological polar surface area (TPSA) is 84.9 Å². The number of hydrogen-bond donors (Lipinski definition) is 2. The molecule has 21 heavy (non-hydrogen) atoms. The molecule has 120 valence electrons. The normalized spacial score (nSPS) is 11.8. The van der Waals surface area contributed by atoms with Crippen LogP contribution in [-0.2, 0) is 14.8 Å². The Labute approximate surface area is 126 Å². The maximum Gasteiger partial charge on any atom is 0.240 e. The molecule has 0 amide bonds. The van der Waals surface area contributed by atoms with Gasteiger partial charge in [-0.1, -0.05) is 0 Å². The number of benzene rings is 1. The first kappa shape index (κ1) is 17.9. The maximum atomic E-state index is 12.0. The van der Waals surface area contributed by atoms with Crippen molar-refractivity contribution >= 4 is 10.0 Å². The Bertz CT molecular complexity index is 499. The Kier molecular flexibility index (Phi) is 7.66. The molecular weight excluding hydrogens is 294 g/mol. The molecule has 0 spiro atoms. The predicted octanol–water partition coefficient (Wildman–Crippen LogP) is 1.15. The van der Waals surface area contributed by atoms with Gasteiger partial charge in [-0.05, 0) is 38.1 Å². The van der Waals surface area contributed by atoms with Gasteiger partial charge in [-0.2, -0.15) is 0 Å². The van der Waals surface area contributed by atoms with Crippen LogP contribution in [0.25, 0.3) is 0 Å². The van der Waals surface area contributed by atoms with Gasteiger partial charge in [0.15, 0.2) is 0 Å². The van der Waals surface area contributed by atoms with Gasteiger partial charge in [-0.25, -0.2) is 13.1 Å². The molecule has 0 aromatic heterocycles. The van der Waals surface area contributed by atoms with Gasteiger partial charge in [0.05, 0.1) is 24.2 Å². The molecule has 1 aromatic rings. The highest BCUT2D eigenvalue weighted by Crippen LogP contribution is 2.15. The van der Waals surface area contributed by atoms with Crippen molar-refractivity contribution in [3.63, 3.8) is 0 Å². The molecule has 1 aromatic carbocycles. The Morgan fingerprint density at radius 3 is 2.43 bits per heavy atom. The Morgan fingerprint density at radius 2 is 1.86 bits per heavy atom. The van der Waals surface area contributed by atoms with Gasteiger partial charge in [0.1, 0.15) is 5.75 Å². The summed E-state index contributed by atoms with van der Waals surface area (Å²) in [7, 11) is -3.53. The number of aliphatic hydroxyl groups is 1. The minimum absolute atomic E-state index is 0.0643. The van der Waals surface area contributed by atoms with Crippen molar-refractivity contribution in [2.24, 2.45) is 0 Å². The molecule has 6 nitrogen and oxygen atoms in total. The zero-order valence-corrected chi connectivity index (χ0v) is 13.2. The second kappa shape index (κ2) is 8.99. The molecule has 7 heteroatoms. The van der Waals surface area contributed by atoms with E-state index >= 15 is 0 Å². The van der Waals surface area contributed by atoms with E-state index in [-0.39, 0.29) is 24.2 Å². The summed E-state index contributed by atoms with van der Waals surface area (Å²) in [6, 6.07) is 6.16. The molecule has 0 radical (unpaired) electrons. The smallest absolute Gasteiger partial charge is 0.240 e. The van der Waals surface area contributed by atoms with E-state index in [4.69, 9.17) is 14.6 Å². The lowest BCUT2D eigenvalue weighted by Gasteiger charge is -2.10. The van der Waals surface area contributed by atoms with Crippen LogP contribution in [0.15, 0.2) is 29.2 Å². The SMILES string of the molecule is CC(C)OCCNS(=O)(=O)c1ccc(OCCCO)cc1. The second-order valence-corrected chi connectivity index (χ2v) is 6.48. The van der Waals surface area contributed by atoms with Gasteiger partial charge in [-0.15, -0.1) is 0 Å². The van der Waals surface area contributed by atoms with Crippen LogP contribution in [0.5, 0.6) is 5.75 Å². The van der Waals surface area contributed by atoms with Crippen molar-refractivity contribution in [1.82, 2.24) is 4.72 Å². The average molecular weight is 317 g/mol. The van der Waals surface area contributed by atoms with Crippen molar-refractivity contribution in [3.8, 4) is 5.75 Å². The Balaban J connectivity index is 2.50. The molecule has 0 atom stereocenters. The summed E-state index contributed by atoms with van der Waals surface area (Å²) in [6.07, 6.45) is 0.613. The lowest BCUT2D eigenvalue weighted by atomic mass is 10.3. The minimum Gasteiger partial charge on any atom is -0.494 e. The quantitative estimate of drug-likeness (QED) is 0.632. The van der Waals surface area contributed by atoms with Crippen LogP contribution in [0.4, 0.5) is 0 Å². The van der Waals surface area contributed by atoms with Gasteiger partial charge < -0.3 is 14.6 Å². The van der Waals surface area contributed by atoms with Crippen molar-refractivity contribution < 1.29 is 23.0 Å². The number of hydrogen-bond acceptors (Lipinski definition) is 5. The summed E-state index contributed by atoms with van der Waals surface area (Å²) in [6.45, 7) is 4.81. The minimum atomic E-state index is -3.53. The first-order chi connectivity index (χ1) is 9.95. The number of sulfonamides is 1. The van der Waals surface area contributed by atoms with E-state index in [1.807, 2.05) is 13.8 Å². The number of aliphatic hydroxyl groups excluding tert-OH is 1. The summed E-state index contributed by atoms with van der Waals surface area (Å²) in [5.41, 5.74) is 0. The first-order valence-electron chi connectivity index (χ1n) is 6.90. The number of rotatable bonds is 10. The van der Waals surface area contributed by atoms with Gasteiger partial charge in [0.25, 0.3) is 0 Å². The molecule has 0 aliphatic rings. The fourth-order valence-electron chi connectivity index (χ4n) is 1.52. The van der Waals surface area contributed by atoms with Crippen molar-refractivity contribution in [2.75, 3.05) is 26.4 Å². The van der Waals surface area contributed by atoms with E-state index in [1.165, 1.54) is 12.1 Å². The predicted molar refractivity (Wildman–Crippen MR) is 79.9 cm³/mol. The average Bonchev–Trinajstić information content (AvgIpc) is 2.44. The number of ether oxygens (including phenoxy) is 2. The lowest BCUT2D eigenvalue weighted by molar-refractivity contribution is 0.0834. The fraction of sp³-hybridized carbons (Fsp3) is 0.571. The summed E-state index contributed by atoms with van der Waals surface area (Å²) in [4.78, 5) is 0.182. The molecule has 0 saturated heterocycles. The van der Waals surface area contributed by atoms with Crippen molar-refractivity contribution in [1.29, 1.82) is 0 Å². The van der Waals surface area contributed by atoms with Crippen LogP contribution in [0, 0.1) is 0 Å². The third-order valence-electron chi connectivity index (χ3n) is 2.55. The molecule has 2 N–H and O–H groups in total. The van der Waals surface area contributed by atoms with E-state index in [1.54, 1.807) is 12.1 Å². The van der Waals surface area contributed by atoms with Crippen LogP contribution < -0.4 is 9.46 Å². The van der Waals surface area contributed by atoms with Crippen LogP contribution >= 0.6 is 0 Å². The van der Waals surface area contributed by atoms with Crippen LogP contribution in [-0.4, -0.2) is 46.0 Å². The second-order valence-electron chi connectivity index (χ2n) is 4.71. The van der Waals surface area contributed by atoms with Gasteiger partial charge in [0, 0.05) is 19.6 Å². The van der Waals surface area contributed by atoms with Crippen LogP contribution in [0.2, 0.25) is 0 Å². The third-order valence-corrected chi connectivity index (χ3v) is 4.03. The van der Waals surface area contributed by atoms with E-state index in [0.29, 0.717) is 25.4 Å². The summed E-state index contributed by atoms with van der Waals surface area (Å²) < 4.78 is 37.1. The molecule has 0 saturated carbocycles. The van der Waals surface area contributed by atoms with Crippen LogP contribution in [0.1, 0.15) is 20.3 Å². The highest BCUT2D eigenvalue weighted by atomic mass is 32.2. The standard InChI is InChI=1S/C14H23NO5S/c1-12(2)19-11-8-15-21(17,18)14-6-4-13(5-7-14)20-10-3-9-16/h4-7,12,15-16H,3,8-11H2,1-2H3. The van der Waals surface area contributed by atoms with Crippen LogP contribution in [0.3, 0.4) is 0 Å². The molecule has 0 aliphatic heterocycles. The summed E-state index contributed by atoms with van der Waals surface area (Å²) in [5.74, 6) is 0.575. The maximum absolute atomic E-state index is 12.0. The summed E-state index contributed by atoms with van der Waals surface area (Å²) >= 11 is 0. The van der Waals surface area contributed by atoms with E-state index in [9.17, 15) is 8.42 Å². The van der Waals surface area contributed by atoms with E-state index in [0.717, 1.165) is 0 Å². The Hall–Kier alpha value is -1.15. The van der Waals surface area contributed by atoms with E-state index in [2.05, 4.69) is 4.72 Å². The number of nitrogens with one attached hydrogen (secondary N) is 1. The lowest BCUT2D eigenvalue weighted by Crippen LogP contribution is -2.28. The van der Waals surface area contributed by atoms with E-state index < -0.39 is 10.0 Å².